The van der Waals surface area contributed by atoms with Crippen LogP contribution >= 0.6 is 0 Å². The first-order valence-electron chi connectivity index (χ1n) is 8.28. The Balaban J connectivity index is 2.05. The second-order valence-electron chi connectivity index (χ2n) is 6.61. The number of piperidine rings is 1. The van der Waals surface area contributed by atoms with E-state index in [1.165, 1.54) is 0 Å². The van der Waals surface area contributed by atoms with Crippen molar-refractivity contribution in [2.45, 2.75) is 39.7 Å². The molecule has 1 unspecified atom stereocenters. The first-order valence-corrected chi connectivity index (χ1v) is 8.28. The molecule has 3 N–H and O–H groups in total. The van der Waals surface area contributed by atoms with Gasteiger partial charge in [-0.15, -0.1) is 0 Å². The molecule has 1 saturated heterocycles. The monoisotopic (exact) mass is 317 g/mol. The molecule has 0 radical (unpaired) electrons. The molecule has 0 aliphatic carbocycles. The molecular formula is C18H27N3O2. The number of carbonyl (C=O) groups excluding carboxylic acids is 2. The summed E-state index contributed by atoms with van der Waals surface area (Å²) in [6.07, 6.45) is 1.67. The number of nitrogens with zero attached hydrogens (tertiary/aromatic N) is 1. The molecule has 0 saturated carbocycles. The van der Waals surface area contributed by atoms with Crippen LogP contribution in [0.15, 0.2) is 18.2 Å². The molecule has 1 aromatic rings. The minimum Gasteiger partial charge on any atom is -0.352 e. The van der Waals surface area contributed by atoms with E-state index in [2.05, 4.69) is 11.4 Å². The van der Waals surface area contributed by atoms with Gasteiger partial charge in [0.2, 0.25) is 5.91 Å². The molecule has 1 fully saturated rings. The SMILES string of the molecule is Cc1cc(C)cc(C(=O)N2CCCC(C(=O)N[C@@H](C)CN)C2)c1. The van der Waals surface area contributed by atoms with E-state index >= 15 is 0 Å². The zero-order valence-corrected chi connectivity index (χ0v) is 14.3. The molecule has 2 rings (SSSR count). The van der Waals surface area contributed by atoms with Crippen molar-refractivity contribution in [1.82, 2.24) is 10.2 Å². The number of nitrogens with one attached hydrogen (secondary N) is 1. The van der Waals surface area contributed by atoms with Crippen molar-refractivity contribution < 1.29 is 9.59 Å². The van der Waals surface area contributed by atoms with Gasteiger partial charge in [-0.25, -0.2) is 0 Å². The number of hydrogen-bond acceptors (Lipinski definition) is 3. The van der Waals surface area contributed by atoms with Gasteiger partial charge in [-0.05, 0) is 45.7 Å². The molecule has 2 amide bonds. The third kappa shape index (κ3) is 4.55. The summed E-state index contributed by atoms with van der Waals surface area (Å²) in [5.41, 5.74) is 8.42. The summed E-state index contributed by atoms with van der Waals surface area (Å²) in [5.74, 6) is -0.130. The molecule has 1 heterocycles. The van der Waals surface area contributed by atoms with E-state index in [9.17, 15) is 9.59 Å². The number of benzene rings is 1. The highest BCUT2D eigenvalue weighted by Crippen LogP contribution is 2.20. The van der Waals surface area contributed by atoms with E-state index in [1.807, 2.05) is 32.9 Å². The topological polar surface area (TPSA) is 75.4 Å². The number of hydrogen-bond donors (Lipinski definition) is 2. The Kier molecular flexibility index (Phi) is 5.77. The van der Waals surface area contributed by atoms with Gasteiger partial charge < -0.3 is 16.0 Å². The molecule has 0 bridgehead atoms. The lowest BCUT2D eigenvalue weighted by molar-refractivity contribution is -0.126. The van der Waals surface area contributed by atoms with Crippen LogP contribution in [0.25, 0.3) is 0 Å². The molecule has 126 valence electrons. The molecule has 2 atom stereocenters. The van der Waals surface area contributed by atoms with Crippen LogP contribution in [0.1, 0.15) is 41.3 Å². The lowest BCUT2D eigenvalue weighted by Crippen LogP contribution is -2.48. The standard InChI is InChI=1S/C18H27N3O2/c1-12-7-13(2)9-16(8-12)18(23)21-6-4-5-15(11-21)17(22)20-14(3)10-19/h7-9,14-15H,4-6,10-11,19H2,1-3H3,(H,20,22)/t14-,15?/m0/s1. The Morgan fingerprint density at radius 3 is 2.57 bits per heavy atom. The smallest absolute Gasteiger partial charge is 0.253 e. The van der Waals surface area contributed by atoms with Gasteiger partial charge in [0.15, 0.2) is 0 Å². The van der Waals surface area contributed by atoms with Crippen LogP contribution in [-0.2, 0) is 4.79 Å². The summed E-state index contributed by atoms with van der Waals surface area (Å²) in [4.78, 5) is 26.8. The quantitative estimate of drug-likeness (QED) is 0.886. The summed E-state index contributed by atoms with van der Waals surface area (Å²) in [6.45, 7) is 7.48. The largest absolute Gasteiger partial charge is 0.352 e. The van der Waals surface area contributed by atoms with Gasteiger partial charge in [0.05, 0.1) is 5.92 Å². The number of nitrogens with two attached hydrogens (primary N) is 1. The minimum absolute atomic E-state index is 0.000808. The minimum atomic E-state index is -0.146. The van der Waals surface area contributed by atoms with E-state index in [0.29, 0.717) is 25.2 Å². The molecule has 5 nitrogen and oxygen atoms in total. The van der Waals surface area contributed by atoms with Crippen molar-refractivity contribution in [2.75, 3.05) is 19.6 Å². The van der Waals surface area contributed by atoms with Crippen LogP contribution in [0.4, 0.5) is 0 Å². The zero-order chi connectivity index (χ0) is 17.0. The van der Waals surface area contributed by atoms with E-state index in [4.69, 9.17) is 5.73 Å². The normalized spacial score (nSPS) is 19.3. The lowest BCUT2D eigenvalue weighted by Gasteiger charge is -2.32. The summed E-state index contributed by atoms with van der Waals surface area (Å²) >= 11 is 0. The fourth-order valence-electron chi connectivity index (χ4n) is 3.08. The van der Waals surface area contributed by atoms with Crippen LogP contribution in [0, 0.1) is 19.8 Å². The first kappa shape index (κ1) is 17.5. The predicted octanol–water partition coefficient (Wildman–Crippen LogP) is 1.62. The van der Waals surface area contributed by atoms with Gasteiger partial charge >= 0.3 is 0 Å². The number of amides is 2. The van der Waals surface area contributed by atoms with Crippen LogP contribution in [0.2, 0.25) is 0 Å². The number of rotatable bonds is 4. The first-order chi connectivity index (χ1) is 10.9. The van der Waals surface area contributed by atoms with E-state index in [1.54, 1.807) is 4.90 Å². The summed E-state index contributed by atoms with van der Waals surface area (Å²) in [6, 6.07) is 5.84. The molecule has 0 aromatic heterocycles. The summed E-state index contributed by atoms with van der Waals surface area (Å²) in [5, 5.41) is 2.91. The highest BCUT2D eigenvalue weighted by molar-refractivity contribution is 5.95. The van der Waals surface area contributed by atoms with Crippen molar-refractivity contribution in [1.29, 1.82) is 0 Å². The van der Waals surface area contributed by atoms with Crippen LogP contribution in [0.3, 0.4) is 0 Å². The lowest BCUT2D eigenvalue weighted by atomic mass is 9.95. The Bertz CT molecular complexity index is 565. The molecular weight excluding hydrogens is 290 g/mol. The van der Waals surface area contributed by atoms with Crippen LogP contribution in [0.5, 0.6) is 0 Å². The Morgan fingerprint density at radius 2 is 1.96 bits per heavy atom. The van der Waals surface area contributed by atoms with Crippen molar-refractivity contribution in [3.8, 4) is 0 Å². The second-order valence-corrected chi connectivity index (χ2v) is 6.61. The van der Waals surface area contributed by atoms with Gasteiger partial charge in [-0.1, -0.05) is 17.2 Å². The van der Waals surface area contributed by atoms with Gasteiger partial charge in [0.1, 0.15) is 0 Å². The van der Waals surface area contributed by atoms with Gasteiger partial charge in [0, 0.05) is 31.2 Å². The van der Waals surface area contributed by atoms with E-state index < -0.39 is 0 Å². The predicted molar refractivity (Wildman–Crippen MR) is 91.2 cm³/mol. The molecule has 1 aliphatic heterocycles. The van der Waals surface area contributed by atoms with Crippen LogP contribution < -0.4 is 11.1 Å². The maximum Gasteiger partial charge on any atom is 0.253 e. The molecule has 23 heavy (non-hydrogen) atoms. The fourth-order valence-corrected chi connectivity index (χ4v) is 3.08. The molecule has 1 aromatic carbocycles. The van der Waals surface area contributed by atoms with E-state index in [0.717, 1.165) is 24.0 Å². The average molecular weight is 317 g/mol. The van der Waals surface area contributed by atoms with Gasteiger partial charge in [-0.3, -0.25) is 9.59 Å². The van der Waals surface area contributed by atoms with Crippen molar-refractivity contribution in [3.05, 3.63) is 34.9 Å². The fraction of sp³-hybridized carbons (Fsp3) is 0.556. The van der Waals surface area contributed by atoms with Crippen molar-refractivity contribution >= 4 is 11.8 Å². The number of aryl methyl sites for hydroxylation is 2. The highest BCUT2D eigenvalue weighted by atomic mass is 16.2. The van der Waals surface area contributed by atoms with Gasteiger partial charge in [-0.2, -0.15) is 0 Å². The van der Waals surface area contributed by atoms with Crippen molar-refractivity contribution in [3.63, 3.8) is 0 Å². The van der Waals surface area contributed by atoms with E-state index in [-0.39, 0.29) is 23.8 Å². The van der Waals surface area contributed by atoms with Crippen molar-refractivity contribution in [2.24, 2.45) is 11.7 Å². The Labute approximate surface area is 138 Å². The molecule has 0 spiro atoms. The molecule has 5 heteroatoms. The number of carbonyl (C=O) groups is 2. The van der Waals surface area contributed by atoms with Crippen LogP contribution in [-0.4, -0.2) is 42.4 Å². The average Bonchev–Trinajstić information content (AvgIpc) is 2.53. The Hall–Kier alpha value is -1.88. The summed E-state index contributed by atoms with van der Waals surface area (Å²) < 4.78 is 0. The highest BCUT2D eigenvalue weighted by Gasteiger charge is 2.29. The van der Waals surface area contributed by atoms with Gasteiger partial charge in [0.25, 0.3) is 5.91 Å². The third-order valence-corrected chi connectivity index (χ3v) is 4.29. The number of likely N-dealkylation sites (tertiary alicyclic amines) is 1. The summed E-state index contributed by atoms with van der Waals surface area (Å²) in [7, 11) is 0. The third-order valence-electron chi connectivity index (χ3n) is 4.29. The maximum absolute atomic E-state index is 12.7. The molecule has 1 aliphatic rings. The second kappa shape index (κ2) is 7.59. The Morgan fingerprint density at radius 1 is 1.30 bits per heavy atom. The zero-order valence-electron chi connectivity index (χ0n) is 14.3. The maximum atomic E-state index is 12.7.